The molecule has 0 N–H and O–H groups in total. The van der Waals surface area contributed by atoms with Crippen molar-refractivity contribution in [2.75, 3.05) is 12.9 Å². The fourth-order valence-corrected chi connectivity index (χ4v) is 4.15. The lowest BCUT2D eigenvalue weighted by Gasteiger charge is -2.11. The molecule has 0 radical (unpaired) electrons. The number of esters is 1. The van der Waals surface area contributed by atoms with Crippen molar-refractivity contribution in [2.24, 2.45) is 0 Å². The molecular weight excluding hydrogens is 332 g/mol. The topological polar surface area (TPSA) is 61.2 Å². The Morgan fingerprint density at radius 1 is 1.39 bits per heavy atom. The van der Waals surface area contributed by atoms with Gasteiger partial charge in [-0.25, -0.2) is 9.78 Å². The molecule has 0 amide bonds. The SMILES string of the molecule is CCOC(=O)c1cn(CC)c2ccc3nc(SC)sc3c2c1=O. The van der Waals surface area contributed by atoms with E-state index < -0.39 is 5.97 Å². The monoisotopic (exact) mass is 348 g/mol. The summed E-state index contributed by atoms with van der Waals surface area (Å²) in [5.74, 6) is -0.576. The van der Waals surface area contributed by atoms with Gasteiger partial charge < -0.3 is 9.30 Å². The summed E-state index contributed by atoms with van der Waals surface area (Å²) in [5, 5.41) is 0.549. The lowest BCUT2D eigenvalue weighted by atomic mass is 10.1. The van der Waals surface area contributed by atoms with Crippen molar-refractivity contribution in [3.05, 3.63) is 34.1 Å². The van der Waals surface area contributed by atoms with E-state index in [1.165, 1.54) is 11.3 Å². The third-order valence-corrected chi connectivity index (χ3v) is 5.67. The Morgan fingerprint density at radius 2 is 2.17 bits per heavy atom. The molecule has 0 aliphatic carbocycles. The molecule has 3 aromatic rings. The Hall–Kier alpha value is -1.86. The van der Waals surface area contributed by atoms with Crippen LogP contribution in [-0.4, -0.2) is 28.4 Å². The van der Waals surface area contributed by atoms with Gasteiger partial charge in [0.2, 0.25) is 5.43 Å². The number of fused-ring (bicyclic) bond motifs is 3. The summed E-state index contributed by atoms with van der Waals surface area (Å²) >= 11 is 3.02. The van der Waals surface area contributed by atoms with Gasteiger partial charge >= 0.3 is 5.97 Å². The maximum Gasteiger partial charge on any atom is 0.343 e. The Labute approximate surface area is 141 Å². The highest BCUT2D eigenvalue weighted by molar-refractivity contribution is 8.00. The Kier molecular flexibility index (Phi) is 4.41. The summed E-state index contributed by atoms with van der Waals surface area (Å²) in [6.45, 7) is 4.60. The number of carbonyl (C=O) groups is 1. The lowest BCUT2D eigenvalue weighted by molar-refractivity contribution is 0.0524. The minimum absolute atomic E-state index is 0.0767. The molecule has 0 aliphatic rings. The Bertz CT molecular complexity index is 959. The number of carbonyl (C=O) groups excluding carboxylic acids is 1. The van der Waals surface area contributed by atoms with E-state index in [0.29, 0.717) is 11.9 Å². The van der Waals surface area contributed by atoms with Crippen LogP contribution in [0.5, 0.6) is 0 Å². The first-order chi connectivity index (χ1) is 11.1. The van der Waals surface area contributed by atoms with Gasteiger partial charge in [0.1, 0.15) is 5.56 Å². The van der Waals surface area contributed by atoms with Gasteiger partial charge in [-0.1, -0.05) is 11.8 Å². The highest BCUT2D eigenvalue weighted by atomic mass is 32.2. The normalized spacial score (nSPS) is 11.3. The standard InChI is InChI=1S/C16H16N2O3S2/c1-4-18-8-9(15(20)21-5-2)13(19)12-11(18)7-6-10-14(12)23-16(17-10)22-3/h6-8H,4-5H2,1-3H3. The fourth-order valence-electron chi connectivity index (χ4n) is 2.54. The molecule has 23 heavy (non-hydrogen) atoms. The summed E-state index contributed by atoms with van der Waals surface area (Å²) in [6.07, 6.45) is 3.54. The number of thioether (sulfide) groups is 1. The van der Waals surface area contributed by atoms with Crippen molar-refractivity contribution >= 4 is 50.2 Å². The number of ether oxygens (including phenoxy) is 1. The van der Waals surface area contributed by atoms with Gasteiger partial charge in [-0.15, -0.1) is 11.3 Å². The van der Waals surface area contributed by atoms with Crippen LogP contribution < -0.4 is 5.43 Å². The summed E-state index contributed by atoms with van der Waals surface area (Å²) in [5.41, 5.74) is 1.39. The van der Waals surface area contributed by atoms with Crippen LogP contribution in [0.4, 0.5) is 0 Å². The molecule has 120 valence electrons. The largest absolute Gasteiger partial charge is 0.462 e. The first kappa shape index (κ1) is 16.0. The molecular formula is C16H16N2O3S2. The maximum absolute atomic E-state index is 12.9. The lowest BCUT2D eigenvalue weighted by Crippen LogP contribution is -2.20. The predicted molar refractivity (Wildman–Crippen MR) is 94.8 cm³/mol. The van der Waals surface area contributed by atoms with E-state index in [1.54, 1.807) is 24.9 Å². The predicted octanol–water partition coefficient (Wildman–Crippen LogP) is 3.53. The molecule has 0 saturated carbocycles. The van der Waals surface area contributed by atoms with E-state index in [2.05, 4.69) is 4.98 Å². The zero-order valence-electron chi connectivity index (χ0n) is 13.1. The van der Waals surface area contributed by atoms with Crippen molar-refractivity contribution in [3.63, 3.8) is 0 Å². The molecule has 7 heteroatoms. The van der Waals surface area contributed by atoms with Crippen molar-refractivity contribution < 1.29 is 9.53 Å². The van der Waals surface area contributed by atoms with Gasteiger partial charge in [0.15, 0.2) is 4.34 Å². The zero-order chi connectivity index (χ0) is 16.6. The third kappa shape index (κ3) is 2.64. The second kappa shape index (κ2) is 6.33. The summed E-state index contributed by atoms with van der Waals surface area (Å²) < 4.78 is 8.65. The number of thiazole rings is 1. The van der Waals surface area contributed by atoms with Crippen molar-refractivity contribution in [1.82, 2.24) is 9.55 Å². The van der Waals surface area contributed by atoms with Crippen LogP contribution >= 0.6 is 23.1 Å². The molecule has 0 atom stereocenters. The number of pyridine rings is 1. The molecule has 0 aliphatic heterocycles. The van der Waals surface area contributed by atoms with Crippen molar-refractivity contribution in [1.29, 1.82) is 0 Å². The molecule has 3 rings (SSSR count). The zero-order valence-corrected chi connectivity index (χ0v) is 14.7. The van der Waals surface area contributed by atoms with Crippen LogP contribution in [0.25, 0.3) is 21.1 Å². The first-order valence-electron chi connectivity index (χ1n) is 7.28. The minimum Gasteiger partial charge on any atom is -0.462 e. The number of nitrogens with zero attached hydrogens (tertiary/aromatic N) is 2. The third-order valence-electron chi connectivity index (χ3n) is 3.59. The van der Waals surface area contributed by atoms with Crippen LogP contribution in [0.1, 0.15) is 24.2 Å². The van der Waals surface area contributed by atoms with Gasteiger partial charge in [0, 0.05) is 12.7 Å². The summed E-state index contributed by atoms with van der Waals surface area (Å²) in [7, 11) is 0. The molecule has 0 spiro atoms. The summed E-state index contributed by atoms with van der Waals surface area (Å²) in [6, 6.07) is 3.81. The second-order valence-electron chi connectivity index (χ2n) is 4.87. The van der Waals surface area contributed by atoms with Crippen molar-refractivity contribution in [3.8, 4) is 0 Å². The average molecular weight is 348 g/mol. The molecule has 0 fully saturated rings. The maximum atomic E-state index is 12.9. The van der Waals surface area contributed by atoms with Crippen LogP contribution in [0, 0.1) is 0 Å². The second-order valence-corrected chi connectivity index (χ2v) is 6.92. The highest BCUT2D eigenvalue weighted by Gasteiger charge is 2.19. The Balaban J connectivity index is 2.43. The Morgan fingerprint density at radius 3 is 2.83 bits per heavy atom. The minimum atomic E-state index is -0.576. The van der Waals surface area contributed by atoms with E-state index in [9.17, 15) is 9.59 Å². The summed E-state index contributed by atoms with van der Waals surface area (Å²) in [4.78, 5) is 29.5. The van der Waals surface area contributed by atoms with Gasteiger partial charge in [-0.2, -0.15) is 0 Å². The highest BCUT2D eigenvalue weighted by Crippen LogP contribution is 2.32. The smallest absolute Gasteiger partial charge is 0.343 e. The van der Waals surface area contributed by atoms with Crippen LogP contribution in [0.2, 0.25) is 0 Å². The van der Waals surface area contributed by atoms with Gasteiger partial charge in [-0.3, -0.25) is 4.79 Å². The van der Waals surface area contributed by atoms with E-state index in [4.69, 9.17) is 4.74 Å². The number of aryl methyl sites for hydroxylation is 1. The van der Waals surface area contributed by atoms with Gasteiger partial charge in [-0.05, 0) is 32.2 Å². The van der Waals surface area contributed by atoms with E-state index >= 15 is 0 Å². The quantitative estimate of drug-likeness (QED) is 0.533. The average Bonchev–Trinajstić information content (AvgIpc) is 2.98. The van der Waals surface area contributed by atoms with Crippen LogP contribution in [-0.2, 0) is 11.3 Å². The molecule has 5 nitrogen and oxygen atoms in total. The van der Waals surface area contributed by atoms with Gasteiger partial charge in [0.25, 0.3) is 0 Å². The number of benzene rings is 1. The van der Waals surface area contributed by atoms with Crippen LogP contribution in [0.15, 0.2) is 27.5 Å². The number of aromatic nitrogens is 2. The van der Waals surface area contributed by atoms with Crippen molar-refractivity contribution in [2.45, 2.75) is 24.7 Å². The molecule has 1 aromatic carbocycles. The number of hydrogen-bond donors (Lipinski definition) is 0. The molecule has 0 bridgehead atoms. The van der Waals surface area contributed by atoms with Crippen LogP contribution in [0.3, 0.4) is 0 Å². The van der Waals surface area contributed by atoms with Gasteiger partial charge in [0.05, 0.1) is 27.7 Å². The molecule has 2 heterocycles. The number of hydrogen-bond acceptors (Lipinski definition) is 6. The van der Waals surface area contributed by atoms with E-state index in [1.807, 2.05) is 29.9 Å². The molecule has 0 saturated heterocycles. The van der Waals surface area contributed by atoms with E-state index in [0.717, 1.165) is 20.1 Å². The molecule has 2 aromatic heterocycles. The fraction of sp³-hybridized carbons (Fsp3) is 0.312. The number of rotatable bonds is 4. The van der Waals surface area contributed by atoms with E-state index in [-0.39, 0.29) is 17.6 Å². The first-order valence-corrected chi connectivity index (χ1v) is 9.32. The molecule has 0 unspecified atom stereocenters.